The molecular formula is C29H31F3N4. The summed E-state index contributed by atoms with van der Waals surface area (Å²) in [6.07, 6.45) is -1.58. The Morgan fingerprint density at radius 1 is 1.03 bits per heavy atom. The van der Waals surface area contributed by atoms with Gasteiger partial charge in [0.15, 0.2) is 5.82 Å². The van der Waals surface area contributed by atoms with E-state index < -0.39 is 11.7 Å². The summed E-state index contributed by atoms with van der Waals surface area (Å²) in [5.41, 5.74) is 4.16. The molecule has 1 aliphatic rings. The Bertz CT molecular complexity index is 1270. The molecule has 0 radical (unpaired) electrons. The van der Waals surface area contributed by atoms with Crippen LogP contribution in [0.5, 0.6) is 0 Å². The van der Waals surface area contributed by atoms with Crippen molar-refractivity contribution in [1.29, 1.82) is 0 Å². The minimum absolute atomic E-state index is 0.417. The Kier molecular flexibility index (Phi) is 7.38. The molecule has 0 spiro atoms. The van der Waals surface area contributed by atoms with Crippen molar-refractivity contribution < 1.29 is 13.2 Å². The first-order valence-electron chi connectivity index (χ1n) is 12.1. The van der Waals surface area contributed by atoms with Gasteiger partial charge in [0.1, 0.15) is 5.82 Å². The van der Waals surface area contributed by atoms with Crippen molar-refractivity contribution in [2.24, 2.45) is 0 Å². The van der Waals surface area contributed by atoms with E-state index in [4.69, 9.17) is 4.98 Å². The van der Waals surface area contributed by atoms with Gasteiger partial charge in [-0.2, -0.15) is 13.2 Å². The van der Waals surface area contributed by atoms with Gasteiger partial charge in [0.05, 0.1) is 16.9 Å². The van der Waals surface area contributed by atoms with Crippen molar-refractivity contribution >= 4 is 22.8 Å². The van der Waals surface area contributed by atoms with Gasteiger partial charge < -0.3 is 15.1 Å². The Morgan fingerprint density at radius 3 is 2.56 bits per heavy atom. The van der Waals surface area contributed by atoms with Crippen molar-refractivity contribution in [3.05, 3.63) is 90.8 Å². The number of pyridine rings is 1. The number of nitrogens with one attached hydrogen (secondary N) is 1. The first-order valence-corrected chi connectivity index (χ1v) is 12.1. The second-order valence-corrected chi connectivity index (χ2v) is 9.05. The molecule has 3 aromatic rings. The summed E-state index contributed by atoms with van der Waals surface area (Å²) in [6, 6.07) is 17.0. The van der Waals surface area contributed by atoms with Crippen LogP contribution in [0.1, 0.15) is 37.3 Å². The van der Waals surface area contributed by atoms with Gasteiger partial charge in [-0.25, -0.2) is 4.98 Å². The average Bonchev–Trinajstić information content (AvgIpc) is 3.02. The molecule has 36 heavy (non-hydrogen) atoms. The number of aromatic nitrogens is 1. The summed E-state index contributed by atoms with van der Waals surface area (Å²) in [5, 5.41) is 3.40. The maximum absolute atomic E-state index is 13.3. The molecule has 4 rings (SSSR count). The van der Waals surface area contributed by atoms with Gasteiger partial charge >= 0.3 is 6.18 Å². The maximum atomic E-state index is 13.3. The number of anilines is 3. The Morgan fingerprint density at radius 2 is 1.81 bits per heavy atom. The van der Waals surface area contributed by atoms with Gasteiger partial charge in [0.2, 0.25) is 0 Å². The van der Waals surface area contributed by atoms with Gasteiger partial charge in [-0.1, -0.05) is 50.8 Å². The molecule has 1 N–H and O–H groups in total. The Hall–Kier alpha value is -3.74. The van der Waals surface area contributed by atoms with E-state index in [1.165, 1.54) is 6.07 Å². The van der Waals surface area contributed by atoms with Gasteiger partial charge in [0, 0.05) is 31.4 Å². The van der Waals surface area contributed by atoms with Crippen LogP contribution in [0.4, 0.5) is 30.4 Å². The van der Waals surface area contributed by atoms with E-state index in [1.807, 2.05) is 36.2 Å². The number of rotatable bonds is 7. The monoisotopic (exact) mass is 492 g/mol. The van der Waals surface area contributed by atoms with E-state index in [-0.39, 0.29) is 0 Å². The number of fused-ring (bicyclic) bond motifs is 1. The van der Waals surface area contributed by atoms with E-state index in [2.05, 4.69) is 36.4 Å². The minimum atomic E-state index is -4.41. The van der Waals surface area contributed by atoms with E-state index >= 15 is 0 Å². The van der Waals surface area contributed by atoms with Crippen LogP contribution in [0.3, 0.4) is 0 Å². The lowest BCUT2D eigenvalue weighted by Gasteiger charge is -2.27. The van der Waals surface area contributed by atoms with Crippen LogP contribution < -0.4 is 15.1 Å². The normalized spacial score (nSPS) is 13.7. The number of halogens is 3. The fraction of sp³-hybridized carbons (Fsp3) is 0.276. The molecule has 0 amide bonds. The highest BCUT2D eigenvalue weighted by molar-refractivity contribution is 5.76. The number of hydrogen-bond donors (Lipinski definition) is 1. The van der Waals surface area contributed by atoms with Gasteiger partial charge in [0.25, 0.3) is 0 Å². The highest BCUT2D eigenvalue weighted by Gasteiger charge is 2.31. The number of benzene rings is 2. The Balaban J connectivity index is 1.67. The summed E-state index contributed by atoms with van der Waals surface area (Å²) >= 11 is 0. The highest BCUT2D eigenvalue weighted by Crippen LogP contribution is 2.36. The van der Waals surface area contributed by atoms with Crippen LogP contribution in [0.15, 0.2) is 79.6 Å². The van der Waals surface area contributed by atoms with E-state index in [0.29, 0.717) is 29.4 Å². The van der Waals surface area contributed by atoms with E-state index in [1.54, 1.807) is 12.1 Å². The molecule has 7 heteroatoms. The zero-order valence-corrected chi connectivity index (χ0v) is 20.7. The van der Waals surface area contributed by atoms with Gasteiger partial charge in [-0.15, -0.1) is 0 Å². The third-order valence-electron chi connectivity index (χ3n) is 6.32. The molecule has 0 bridgehead atoms. The third kappa shape index (κ3) is 5.56. The number of hydrogen-bond acceptors (Lipinski definition) is 4. The maximum Gasteiger partial charge on any atom is 0.416 e. The highest BCUT2D eigenvalue weighted by atomic mass is 19.4. The third-order valence-corrected chi connectivity index (χ3v) is 6.32. The van der Waals surface area contributed by atoms with Crippen molar-refractivity contribution in [2.45, 2.75) is 32.4 Å². The molecule has 0 unspecified atom stereocenters. The zero-order valence-electron chi connectivity index (χ0n) is 20.7. The SMILES string of the molecule is C=C(CCC)c1cccc(NC(=C)N2CCCN(C)c3ccc(-c4cccc(C(F)(F)F)c4)nc32)c1. The lowest BCUT2D eigenvalue weighted by atomic mass is 10.0. The predicted molar refractivity (Wildman–Crippen MR) is 143 cm³/mol. The predicted octanol–water partition coefficient (Wildman–Crippen LogP) is 7.81. The molecule has 0 atom stereocenters. The molecule has 0 saturated carbocycles. The number of nitrogens with zero attached hydrogens (tertiary/aromatic N) is 3. The van der Waals surface area contributed by atoms with Crippen LogP contribution >= 0.6 is 0 Å². The van der Waals surface area contributed by atoms with E-state index in [0.717, 1.165) is 60.5 Å². The topological polar surface area (TPSA) is 31.4 Å². The second-order valence-electron chi connectivity index (χ2n) is 9.05. The lowest BCUT2D eigenvalue weighted by Crippen LogP contribution is -2.28. The summed E-state index contributed by atoms with van der Waals surface area (Å²) in [5.74, 6) is 1.31. The molecule has 0 aliphatic carbocycles. The molecule has 0 fully saturated rings. The number of alkyl halides is 3. The largest absolute Gasteiger partial charge is 0.416 e. The molecular weight excluding hydrogens is 461 g/mol. The second kappa shape index (κ2) is 10.5. The first kappa shape index (κ1) is 25.4. The van der Waals surface area contributed by atoms with Crippen molar-refractivity contribution in [3.63, 3.8) is 0 Å². The lowest BCUT2D eigenvalue weighted by molar-refractivity contribution is -0.137. The van der Waals surface area contributed by atoms with Crippen molar-refractivity contribution in [1.82, 2.24) is 4.98 Å². The molecule has 188 valence electrons. The number of allylic oxidation sites excluding steroid dienone is 1. The Labute approximate surface area is 210 Å². The first-order chi connectivity index (χ1) is 17.2. The standard InChI is InChI=1S/C29H31F3N4/c1-5-9-20(2)22-10-7-13-25(19-22)33-21(3)36-17-8-16-35(4)27-15-14-26(34-28(27)36)23-11-6-12-24(18-23)29(30,31)32/h6-7,10-15,18-19,33H,2-3,5,8-9,16-17H2,1,4H3. The molecule has 4 nitrogen and oxygen atoms in total. The summed E-state index contributed by atoms with van der Waals surface area (Å²) in [4.78, 5) is 8.95. The average molecular weight is 493 g/mol. The van der Waals surface area contributed by atoms with Crippen LogP contribution in [-0.2, 0) is 6.18 Å². The molecule has 1 aliphatic heterocycles. The molecule has 0 saturated heterocycles. The minimum Gasteiger partial charge on any atom is -0.372 e. The van der Waals surface area contributed by atoms with Gasteiger partial charge in [-0.05, 0) is 60.4 Å². The smallest absolute Gasteiger partial charge is 0.372 e. The van der Waals surface area contributed by atoms with Crippen LogP contribution in [0.2, 0.25) is 0 Å². The fourth-order valence-electron chi connectivity index (χ4n) is 4.41. The van der Waals surface area contributed by atoms with Crippen molar-refractivity contribution in [2.75, 3.05) is 35.3 Å². The van der Waals surface area contributed by atoms with Crippen molar-refractivity contribution in [3.8, 4) is 11.3 Å². The molecule has 1 aromatic heterocycles. The summed E-state index contributed by atoms with van der Waals surface area (Å²) in [6.45, 7) is 12.1. The van der Waals surface area contributed by atoms with Crippen LogP contribution in [0.25, 0.3) is 16.8 Å². The fourth-order valence-corrected chi connectivity index (χ4v) is 4.41. The van der Waals surface area contributed by atoms with Crippen LogP contribution in [0, 0.1) is 0 Å². The van der Waals surface area contributed by atoms with Crippen LogP contribution in [-0.4, -0.2) is 25.1 Å². The molecule has 2 aromatic carbocycles. The zero-order chi connectivity index (χ0) is 25.9. The van der Waals surface area contributed by atoms with Gasteiger partial charge in [-0.3, -0.25) is 0 Å². The van der Waals surface area contributed by atoms with E-state index in [9.17, 15) is 13.2 Å². The summed E-state index contributed by atoms with van der Waals surface area (Å²) in [7, 11) is 1.99. The quantitative estimate of drug-likeness (QED) is 0.364. The molecule has 2 heterocycles. The summed E-state index contributed by atoms with van der Waals surface area (Å²) < 4.78 is 39.9.